The van der Waals surface area contributed by atoms with Crippen LogP contribution < -0.4 is 4.90 Å². The number of ketones is 1. The highest BCUT2D eigenvalue weighted by molar-refractivity contribution is 6.35. The summed E-state index contributed by atoms with van der Waals surface area (Å²) in [6.45, 7) is 3.89. The van der Waals surface area contributed by atoms with Crippen LogP contribution >= 0.6 is 11.6 Å². The molecule has 2 aliphatic rings. The van der Waals surface area contributed by atoms with E-state index < -0.39 is 12.1 Å². The minimum Gasteiger partial charge on any atom is -0.450 e. The highest BCUT2D eigenvalue weighted by Gasteiger charge is 2.50. The minimum absolute atomic E-state index is 0.000825. The number of imide groups is 1. The number of hydrogen-bond acceptors (Lipinski definition) is 6. The Morgan fingerprint density at radius 1 is 1.00 bits per heavy atom. The van der Waals surface area contributed by atoms with E-state index in [0.29, 0.717) is 57.7 Å². The molecule has 4 unspecified atom stereocenters. The molecule has 0 bridgehead atoms. The van der Waals surface area contributed by atoms with Gasteiger partial charge in [0, 0.05) is 16.5 Å². The van der Waals surface area contributed by atoms with Gasteiger partial charge in [0.25, 0.3) is 0 Å². The first kappa shape index (κ1) is 29.5. The Kier molecular flexibility index (Phi) is 8.15. The molecule has 0 N–H and O–H groups in total. The quantitative estimate of drug-likeness (QED) is 0.0894. The zero-order chi connectivity index (χ0) is 31.0. The van der Waals surface area contributed by atoms with Crippen LogP contribution in [-0.2, 0) is 14.3 Å². The maximum Gasteiger partial charge on any atom is 0.339 e. The van der Waals surface area contributed by atoms with E-state index in [2.05, 4.69) is 0 Å². The zero-order valence-electron chi connectivity index (χ0n) is 24.4. The Balaban J connectivity index is 1.33. The van der Waals surface area contributed by atoms with Gasteiger partial charge in [-0.15, -0.1) is 0 Å². The molecule has 2 heterocycles. The smallest absolute Gasteiger partial charge is 0.339 e. The molecule has 222 valence electrons. The molecule has 8 heteroatoms. The van der Waals surface area contributed by atoms with Crippen molar-refractivity contribution in [2.75, 3.05) is 4.90 Å². The summed E-state index contributed by atoms with van der Waals surface area (Å²) in [4.78, 5) is 59.4. The zero-order valence-corrected chi connectivity index (χ0v) is 25.2. The van der Waals surface area contributed by atoms with Gasteiger partial charge in [0.15, 0.2) is 6.10 Å². The van der Waals surface area contributed by atoms with Crippen molar-refractivity contribution >= 4 is 51.8 Å². The van der Waals surface area contributed by atoms with E-state index in [9.17, 15) is 19.2 Å². The summed E-state index contributed by atoms with van der Waals surface area (Å²) in [6.07, 6.45) is 4.62. The normalized spacial score (nSPS) is 20.1. The number of ether oxygens (including phenoxy) is 1. The van der Waals surface area contributed by atoms with Gasteiger partial charge in [-0.2, -0.15) is 0 Å². The van der Waals surface area contributed by atoms with Crippen molar-refractivity contribution in [1.29, 1.82) is 0 Å². The summed E-state index contributed by atoms with van der Waals surface area (Å²) in [5.74, 6) is -1.98. The molecule has 6 rings (SSSR count). The van der Waals surface area contributed by atoms with Crippen LogP contribution in [0.4, 0.5) is 5.69 Å². The van der Waals surface area contributed by atoms with Crippen molar-refractivity contribution in [2.24, 2.45) is 17.8 Å². The van der Waals surface area contributed by atoms with Gasteiger partial charge in [0.1, 0.15) is 0 Å². The second-order valence-corrected chi connectivity index (χ2v) is 11.7. The summed E-state index contributed by atoms with van der Waals surface area (Å²) < 4.78 is 5.85. The van der Waals surface area contributed by atoms with Crippen molar-refractivity contribution in [2.45, 2.75) is 39.2 Å². The second kappa shape index (κ2) is 12.2. The third-order valence-corrected chi connectivity index (χ3v) is 8.76. The number of amides is 2. The number of Topliss-reactive ketones (excluding diaryl/α,β-unsaturated/α-hetero) is 1. The molecule has 2 amide bonds. The van der Waals surface area contributed by atoms with Crippen LogP contribution in [-0.4, -0.2) is 34.7 Å². The maximum atomic E-state index is 13.7. The largest absolute Gasteiger partial charge is 0.450 e. The van der Waals surface area contributed by atoms with Crippen LogP contribution in [0.3, 0.4) is 0 Å². The number of allylic oxidation sites excluding steroid dienone is 2. The predicted molar refractivity (Wildman–Crippen MR) is 169 cm³/mol. The topological polar surface area (TPSA) is 93.6 Å². The number of rotatable bonds is 8. The summed E-state index contributed by atoms with van der Waals surface area (Å²) in [5, 5.41) is 0.864. The first-order valence-corrected chi connectivity index (χ1v) is 15.2. The summed E-state index contributed by atoms with van der Waals surface area (Å²) in [5.41, 5.74) is 2.72. The number of esters is 1. The van der Waals surface area contributed by atoms with Crippen LogP contribution in [0, 0.1) is 17.8 Å². The van der Waals surface area contributed by atoms with E-state index in [-0.39, 0.29) is 40.9 Å². The molecule has 1 fully saturated rings. The number of carbonyl (C=O) groups excluding carboxylic acids is 4. The number of nitrogens with zero attached hydrogens (tertiary/aromatic N) is 2. The summed E-state index contributed by atoms with van der Waals surface area (Å²) in [6, 6.07) is 22.5. The number of halogens is 1. The van der Waals surface area contributed by atoms with Crippen molar-refractivity contribution in [3.05, 3.63) is 107 Å². The van der Waals surface area contributed by atoms with Gasteiger partial charge in [-0.1, -0.05) is 98.6 Å². The Labute approximate surface area is 260 Å². The molecule has 1 saturated heterocycles. The average molecular weight is 607 g/mol. The highest BCUT2D eigenvalue weighted by Crippen LogP contribution is 2.41. The molecule has 4 atom stereocenters. The van der Waals surface area contributed by atoms with Gasteiger partial charge in [-0.3, -0.25) is 19.3 Å². The fourth-order valence-electron chi connectivity index (χ4n) is 6.20. The SMILES string of the molecule is CCCC(OC(=O)c1cc(-c2ccc(N3C(=O)C4CC=CC(C)C4C3=O)cc2)nc2c(Cl)cccc12)C(=O)c1ccccc1. The predicted octanol–water partition coefficient (Wildman–Crippen LogP) is 7.47. The molecule has 7 nitrogen and oxygen atoms in total. The lowest BCUT2D eigenvalue weighted by atomic mass is 9.78. The Bertz CT molecular complexity index is 1800. The number of carbonyl (C=O) groups is 4. The van der Waals surface area contributed by atoms with Crippen LogP contribution in [0.25, 0.3) is 22.2 Å². The van der Waals surface area contributed by atoms with Crippen LogP contribution in [0.15, 0.2) is 91.0 Å². The fourth-order valence-corrected chi connectivity index (χ4v) is 6.42. The lowest BCUT2D eigenvalue weighted by molar-refractivity contribution is -0.122. The first-order valence-electron chi connectivity index (χ1n) is 14.8. The highest BCUT2D eigenvalue weighted by atomic mass is 35.5. The monoisotopic (exact) mass is 606 g/mol. The van der Waals surface area contributed by atoms with Gasteiger partial charge in [-0.25, -0.2) is 9.78 Å². The number of hydrogen-bond donors (Lipinski definition) is 0. The molecule has 0 saturated carbocycles. The Morgan fingerprint density at radius 2 is 1.75 bits per heavy atom. The molecule has 1 aromatic heterocycles. The van der Waals surface area contributed by atoms with E-state index in [4.69, 9.17) is 21.3 Å². The molecule has 0 spiro atoms. The first-order chi connectivity index (χ1) is 21.3. The number of anilines is 1. The van der Waals surface area contributed by atoms with Crippen molar-refractivity contribution < 1.29 is 23.9 Å². The minimum atomic E-state index is -0.947. The van der Waals surface area contributed by atoms with Gasteiger partial charge in [0.2, 0.25) is 17.6 Å². The molecule has 1 aliphatic carbocycles. The fraction of sp³-hybridized carbons (Fsp3) is 0.250. The van der Waals surface area contributed by atoms with Gasteiger partial charge >= 0.3 is 5.97 Å². The molecule has 1 aliphatic heterocycles. The maximum absolute atomic E-state index is 13.7. The van der Waals surface area contributed by atoms with Crippen molar-refractivity contribution in [3.8, 4) is 11.3 Å². The van der Waals surface area contributed by atoms with Crippen LogP contribution in [0.1, 0.15) is 53.8 Å². The third kappa shape index (κ3) is 5.33. The Hall–Kier alpha value is -4.62. The lowest BCUT2D eigenvalue weighted by Crippen LogP contribution is -2.31. The van der Waals surface area contributed by atoms with Crippen molar-refractivity contribution in [3.63, 3.8) is 0 Å². The van der Waals surface area contributed by atoms with Crippen LogP contribution in [0.5, 0.6) is 0 Å². The molecular formula is C36H31ClN2O5. The van der Waals surface area contributed by atoms with Gasteiger partial charge < -0.3 is 4.74 Å². The summed E-state index contributed by atoms with van der Waals surface area (Å²) >= 11 is 6.54. The number of aromatic nitrogens is 1. The molecule has 44 heavy (non-hydrogen) atoms. The van der Waals surface area contributed by atoms with E-state index in [0.717, 1.165) is 0 Å². The van der Waals surface area contributed by atoms with E-state index in [1.54, 1.807) is 72.8 Å². The Morgan fingerprint density at radius 3 is 2.45 bits per heavy atom. The summed E-state index contributed by atoms with van der Waals surface area (Å²) in [7, 11) is 0. The number of fused-ring (bicyclic) bond motifs is 2. The number of benzene rings is 3. The third-order valence-electron chi connectivity index (χ3n) is 8.46. The van der Waals surface area contributed by atoms with E-state index >= 15 is 0 Å². The van der Waals surface area contributed by atoms with Crippen LogP contribution in [0.2, 0.25) is 5.02 Å². The van der Waals surface area contributed by atoms with Crippen molar-refractivity contribution in [1.82, 2.24) is 4.98 Å². The van der Waals surface area contributed by atoms with Gasteiger partial charge in [-0.05, 0) is 43.0 Å². The standard InChI is InChI=1S/C36H31ClN2O5/c1-3-9-30(33(40)23-11-5-4-6-12-23)44-36(43)27-20-29(38-32-25(27)13-8-15-28(32)37)22-16-18-24(19-17-22)39-34(41)26-14-7-10-21(2)31(26)35(39)42/h4-8,10-13,15-21,26,30-31H,3,9,14H2,1-2H3. The number of para-hydroxylation sites is 1. The van der Waals surface area contributed by atoms with E-state index in [1.807, 2.05) is 32.1 Å². The van der Waals surface area contributed by atoms with E-state index in [1.165, 1.54) is 4.90 Å². The molecule has 0 radical (unpaired) electrons. The van der Waals surface area contributed by atoms with Gasteiger partial charge in [0.05, 0.1) is 39.3 Å². The molecule has 4 aromatic rings. The molecule has 3 aromatic carbocycles. The second-order valence-electron chi connectivity index (χ2n) is 11.3. The molecular weight excluding hydrogens is 576 g/mol. The average Bonchev–Trinajstić information content (AvgIpc) is 3.30. The lowest BCUT2D eigenvalue weighted by Gasteiger charge is -2.22. The number of pyridine rings is 1.